The van der Waals surface area contributed by atoms with E-state index in [1.807, 2.05) is 0 Å². The molecule has 6 nitrogen and oxygen atoms in total. The van der Waals surface area contributed by atoms with Crippen molar-refractivity contribution >= 4 is 17.7 Å². The Morgan fingerprint density at radius 3 is 2.62 bits per heavy atom. The minimum absolute atomic E-state index is 0.108. The highest BCUT2D eigenvalue weighted by Gasteiger charge is 2.13. The van der Waals surface area contributed by atoms with Crippen molar-refractivity contribution in [3.63, 3.8) is 0 Å². The number of non-ortho nitro benzene ring substituents is 1. The number of aliphatic carboxylic acids is 1. The maximum Gasteiger partial charge on any atom is 0.328 e. The van der Waals surface area contributed by atoms with E-state index in [1.54, 1.807) is 0 Å². The zero-order valence-electron chi connectivity index (χ0n) is 12.3. The fourth-order valence-electron chi connectivity index (χ4n) is 1.54. The van der Waals surface area contributed by atoms with Gasteiger partial charge in [-0.25, -0.2) is 4.79 Å². The lowest BCUT2D eigenvalue weighted by atomic mass is 9.93. The zero-order valence-corrected chi connectivity index (χ0v) is 12.3. The van der Waals surface area contributed by atoms with Crippen molar-refractivity contribution in [2.24, 2.45) is 5.41 Å². The molecule has 0 aliphatic carbocycles. The molecule has 1 N–H and O–H groups in total. The van der Waals surface area contributed by atoms with Crippen molar-refractivity contribution in [3.05, 3.63) is 40.0 Å². The lowest BCUT2D eigenvalue weighted by Gasteiger charge is -2.18. The predicted octanol–water partition coefficient (Wildman–Crippen LogP) is 3.51. The molecule has 1 aromatic rings. The second-order valence-corrected chi connectivity index (χ2v) is 5.81. The number of nitrogens with zero attached hydrogens (tertiary/aromatic N) is 1. The summed E-state index contributed by atoms with van der Waals surface area (Å²) in [6.45, 7) is 6.70. The highest BCUT2D eigenvalue weighted by Crippen LogP contribution is 2.27. The van der Waals surface area contributed by atoms with Crippen molar-refractivity contribution < 1.29 is 19.6 Å². The van der Waals surface area contributed by atoms with Gasteiger partial charge in [-0.05, 0) is 24.0 Å². The summed E-state index contributed by atoms with van der Waals surface area (Å²) in [5, 5.41) is 19.4. The van der Waals surface area contributed by atoms with E-state index < -0.39 is 10.9 Å². The topological polar surface area (TPSA) is 89.7 Å². The Kier molecular flexibility index (Phi) is 5.46. The van der Waals surface area contributed by atoms with Crippen LogP contribution in [0.15, 0.2) is 24.3 Å². The maximum absolute atomic E-state index is 10.8. The molecule has 0 radical (unpaired) electrons. The number of carbonyl (C=O) groups is 1. The SMILES string of the molecule is CC(C)(C)CCOc1ccc([N+](=O)[O-])cc1C=CC(=O)O. The number of carboxylic acid groups (broad SMARTS) is 1. The monoisotopic (exact) mass is 293 g/mol. The lowest BCUT2D eigenvalue weighted by Crippen LogP contribution is -2.11. The van der Waals surface area contributed by atoms with Gasteiger partial charge >= 0.3 is 5.97 Å². The van der Waals surface area contributed by atoms with E-state index in [0.29, 0.717) is 17.9 Å². The minimum atomic E-state index is -1.12. The van der Waals surface area contributed by atoms with Gasteiger partial charge in [-0.1, -0.05) is 20.8 Å². The molecule has 0 aliphatic heterocycles. The van der Waals surface area contributed by atoms with Crippen molar-refractivity contribution in [1.29, 1.82) is 0 Å². The molecule has 0 unspecified atom stereocenters. The molecule has 0 amide bonds. The third kappa shape index (κ3) is 6.07. The molecule has 21 heavy (non-hydrogen) atoms. The summed E-state index contributed by atoms with van der Waals surface area (Å²) in [5.74, 6) is -0.690. The second kappa shape index (κ2) is 6.88. The number of ether oxygens (including phenoxy) is 1. The van der Waals surface area contributed by atoms with Gasteiger partial charge < -0.3 is 9.84 Å². The van der Waals surface area contributed by atoms with E-state index in [0.717, 1.165) is 12.5 Å². The smallest absolute Gasteiger partial charge is 0.328 e. The molecule has 0 atom stereocenters. The predicted molar refractivity (Wildman–Crippen MR) is 79.3 cm³/mol. The summed E-state index contributed by atoms with van der Waals surface area (Å²) in [7, 11) is 0. The van der Waals surface area contributed by atoms with Gasteiger partial charge in [0.25, 0.3) is 5.69 Å². The molecular weight excluding hydrogens is 274 g/mol. The standard InChI is InChI=1S/C15H19NO5/c1-15(2,3)8-9-21-13-6-5-12(16(19)20)10-11(13)4-7-14(17)18/h4-7,10H,8-9H2,1-3H3,(H,17,18). The molecule has 0 fully saturated rings. The molecule has 0 aromatic heterocycles. The average Bonchev–Trinajstić information content (AvgIpc) is 2.35. The Labute approximate surface area is 123 Å². The molecule has 1 aromatic carbocycles. The first-order valence-corrected chi connectivity index (χ1v) is 6.51. The summed E-state index contributed by atoms with van der Waals surface area (Å²) in [6, 6.07) is 4.12. The molecule has 0 saturated carbocycles. The lowest BCUT2D eigenvalue weighted by molar-refractivity contribution is -0.384. The van der Waals surface area contributed by atoms with Crippen LogP contribution in [-0.4, -0.2) is 22.6 Å². The van der Waals surface area contributed by atoms with Crippen LogP contribution in [0.4, 0.5) is 5.69 Å². The number of hydrogen-bond acceptors (Lipinski definition) is 4. The van der Waals surface area contributed by atoms with Gasteiger partial charge in [0.1, 0.15) is 5.75 Å². The van der Waals surface area contributed by atoms with Crippen molar-refractivity contribution in [3.8, 4) is 5.75 Å². The normalized spacial score (nSPS) is 11.6. The number of nitro groups is 1. The molecule has 0 saturated heterocycles. The van der Waals surface area contributed by atoms with Crippen LogP contribution in [0.2, 0.25) is 0 Å². The highest BCUT2D eigenvalue weighted by molar-refractivity contribution is 5.86. The molecule has 114 valence electrons. The number of carboxylic acids is 1. The summed E-state index contributed by atoms with van der Waals surface area (Å²) in [5.41, 5.74) is 0.376. The van der Waals surface area contributed by atoms with Crippen LogP contribution in [0.5, 0.6) is 5.75 Å². The molecule has 0 bridgehead atoms. The van der Waals surface area contributed by atoms with Crippen molar-refractivity contribution in [1.82, 2.24) is 0 Å². The minimum Gasteiger partial charge on any atom is -0.493 e. The Morgan fingerprint density at radius 2 is 2.10 bits per heavy atom. The van der Waals surface area contributed by atoms with Crippen molar-refractivity contribution in [2.75, 3.05) is 6.61 Å². The number of benzene rings is 1. The van der Waals surface area contributed by atoms with Crippen LogP contribution in [0.25, 0.3) is 6.08 Å². The average molecular weight is 293 g/mol. The summed E-state index contributed by atoms with van der Waals surface area (Å²) in [6.07, 6.45) is 3.03. The fraction of sp³-hybridized carbons (Fsp3) is 0.400. The molecule has 6 heteroatoms. The number of nitro benzene ring substituents is 1. The number of hydrogen-bond donors (Lipinski definition) is 1. The van der Waals surface area contributed by atoms with E-state index in [-0.39, 0.29) is 11.1 Å². The molecule has 0 aliphatic rings. The third-order valence-electron chi connectivity index (χ3n) is 2.72. The Balaban J connectivity index is 2.95. The van der Waals surface area contributed by atoms with E-state index in [1.165, 1.54) is 24.3 Å². The van der Waals surface area contributed by atoms with Gasteiger partial charge in [0.15, 0.2) is 0 Å². The van der Waals surface area contributed by atoms with Crippen LogP contribution < -0.4 is 4.74 Å². The van der Waals surface area contributed by atoms with Gasteiger partial charge in [0, 0.05) is 23.8 Å². The molecule has 1 rings (SSSR count). The molecule has 0 heterocycles. The first-order valence-electron chi connectivity index (χ1n) is 6.51. The van der Waals surface area contributed by atoms with Gasteiger partial charge in [0.2, 0.25) is 0 Å². The van der Waals surface area contributed by atoms with Gasteiger partial charge in [-0.15, -0.1) is 0 Å². The third-order valence-corrected chi connectivity index (χ3v) is 2.72. The Morgan fingerprint density at radius 1 is 1.43 bits per heavy atom. The first kappa shape index (κ1) is 16.7. The van der Waals surface area contributed by atoms with Gasteiger partial charge in [-0.3, -0.25) is 10.1 Å². The largest absolute Gasteiger partial charge is 0.493 e. The Hall–Kier alpha value is -2.37. The van der Waals surface area contributed by atoms with Gasteiger partial charge in [0.05, 0.1) is 11.5 Å². The highest BCUT2D eigenvalue weighted by atomic mass is 16.6. The quantitative estimate of drug-likeness (QED) is 0.492. The van der Waals surface area contributed by atoms with Gasteiger partial charge in [-0.2, -0.15) is 0 Å². The first-order chi connectivity index (χ1) is 9.69. The molecule has 0 spiro atoms. The van der Waals surface area contributed by atoms with Crippen LogP contribution in [0.3, 0.4) is 0 Å². The Bertz CT molecular complexity index is 558. The summed E-state index contributed by atoms with van der Waals surface area (Å²) < 4.78 is 5.61. The second-order valence-electron chi connectivity index (χ2n) is 5.81. The van der Waals surface area contributed by atoms with Crippen LogP contribution in [-0.2, 0) is 4.79 Å². The van der Waals surface area contributed by atoms with E-state index in [4.69, 9.17) is 9.84 Å². The van der Waals surface area contributed by atoms with Crippen LogP contribution in [0.1, 0.15) is 32.8 Å². The maximum atomic E-state index is 10.8. The fourth-order valence-corrected chi connectivity index (χ4v) is 1.54. The van der Waals surface area contributed by atoms with Crippen LogP contribution >= 0.6 is 0 Å². The summed E-state index contributed by atoms with van der Waals surface area (Å²) in [4.78, 5) is 20.8. The van der Waals surface area contributed by atoms with Crippen LogP contribution in [0, 0.1) is 15.5 Å². The van der Waals surface area contributed by atoms with Crippen molar-refractivity contribution in [2.45, 2.75) is 27.2 Å². The summed E-state index contributed by atoms with van der Waals surface area (Å²) >= 11 is 0. The van der Waals surface area contributed by atoms with E-state index in [9.17, 15) is 14.9 Å². The van der Waals surface area contributed by atoms with E-state index >= 15 is 0 Å². The molecular formula is C15H19NO5. The zero-order chi connectivity index (χ0) is 16.0. The van der Waals surface area contributed by atoms with E-state index in [2.05, 4.69) is 20.8 Å². The number of rotatable bonds is 6.